The van der Waals surface area contributed by atoms with Gasteiger partial charge in [0.15, 0.2) is 6.23 Å². The lowest BCUT2D eigenvalue weighted by molar-refractivity contribution is 0.0409. The molecule has 36 heavy (non-hydrogen) atoms. The first kappa shape index (κ1) is 25.6. The summed E-state index contributed by atoms with van der Waals surface area (Å²) in [6, 6.07) is 14.7. The fourth-order valence-corrected chi connectivity index (χ4v) is 4.26. The van der Waals surface area contributed by atoms with Crippen molar-refractivity contribution in [2.45, 2.75) is 19.1 Å². The first-order valence-corrected chi connectivity index (χ1v) is 11.6. The summed E-state index contributed by atoms with van der Waals surface area (Å²) in [6.45, 7) is 1.59. The zero-order valence-electron chi connectivity index (χ0n) is 18.9. The Kier molecular flexibility index (Phi) is 7.88. The van der Waals surface area contributed by atoms with Crippen LogP contribution in [0.5, 0.6) is 5.75 Å². The van der Waals surface area contributed by atoms with E-state index in [1.807, 2.05) is 0 Å². The average Bonchev–Trinajstić information content (AvgIpc) is 3.40. The Labute approximate surface area is 216 Å². The predicted octanol–water partition coefficient (Wildman–Crippen LogP) is 6.66. The van der Waals surface area contributed by atoms with Crippen molar-refractivity contribution in [3.8, 4) is 5.75 Å². The van der Waals surface area contributed by atoms with Crippen molar-refractivity contribution < 1.29 is 23.7 Å². The van der Waals surface area contributed by atoms with Gasteiger partial charge in [-0.1, -0.05) is 35.3 Å². The summed E-state index contributed by atoms with van der Waals surface area (Å²) in [5, 5.41) is 26.3. The van der Waals surface area contributed by atoms with E-state index >= 15 is 0 Å². The molecule has 0 fully saturated rings. The molecule has 0 aliphatic heterocycles. The molecule has 1 aromatic heterocycles. The standard InChI is InChI=1S/C26H21Cl2F2N3O3/c1-15(20-8-4-17(27)10-23(20)28)25(34)16-2-6-19(7-3-16)36-12-22(26(35)33-14-31-13-32-33)21-9-5-18(29)11-24(21)30/h2-11,13-14,22,26,34-35H,12H2,1H3/b25-15+. The maximum Gasteiger partial charge on any atom is 0.158 e. The lowest BCUT2D eigenvalue weighted by atomic mass is 9.97. The van der Waals surface area contributed by atoms with E-state index in [9.17, 15) is 19.0 Å². The summed E-state index contributed by atoms with van der Waals surface area (Å²) < 4.78 is 35.0. The van der Waals surface area contributed by atoms with Crippen LogP contribution in [-0.4, -0.2) is 31.6 Å². The molecule has 0 aliphatic carbocycles. The van der Waals surface area contributed by atoms with Gasteiger partial charge in [-0.25, -0.2) is 18.4 Å². The summed E-state index contributed by atoms with van der Waals surface area (Å²) in [6.07, 6.45) is 1.21. The van der Waals surface area contributed by atoms with Crippen LogP contribution in [0.1, 0.15) is 35.8 Å². The number of halogens is 4. The molecule has 4 aromatic rings. The second kappa shape index (κ2) is 11.1. The molecule has 2 N–H and O–H groups in total. The van der Waals surface area contributed by atoms with Crippen molar-refractivity contribution in [3.63, 3.8) is 0 Å². The Bertz CT molecular complexity index is 1380. The van der Waals surface area contributed by atoms with Crippen molar-refractivity contribution in [1.82, 2.24) is 14.8 Å². The number of ether oxygens (including phenoxy) is 1. The van der Waals surface area contributed by atoms with Crippen LogP contribution in [0.3, 0.4) is 0 Å². The molecule has 0 bridgehead atoms. The number of hydrogen-bond acceptors (Lipinski definition) is 5. The number of allylic oxidation sites excluding steroid dienone is 1. The van der Waals surface area contributed by atoms with Crippen LogP contribution in [0.25, 0.3) is 11.3 Å². The molecule has 4 rings (SSSR count). The molecular formula is C26H21Cl2F2N3O3. The topological polar surface area (TPSA) is 80.4 Å². The van der Waals surface area contributed by atoms with Gasteiger partial charge in [0.05, 0.1) is 12.5 Å². The van der Waals surface area contributed by atoms with Crippen molar-refractivity contribution >= 4 is 34.5 Å². The number of rotatable bonds is 8. The Hall–Kier alpha value is -3.46. The molecular weight excluding hydrogens is 511 g/mol. The van der Waals surface area contributed by atoms with Crippen molar-refractivity contribution in [2.24, 2.45) is 0 Å². The summed E-state index contributed by atoms with van der Waals surface area (Å²) in [4.78, 5) is 3.80. The first-order chi connectivity index (χ1) is 17.2. The quantitative estimate of drug-likeness (QED) is 0.196. The van der Waals surface area contributed by atoms with Gasteiger partial charge in [0.25, 0.3) is 0 Å². The highest BCUT2D eigenvalue weighted by Crippen LogP contribution is 2.33. The minimum atomic E-state index is -1.31. The van der Waals surface area contributed by atoms with Gasteiger partial charge in [-0.15, -0.1) is 0 Å². The van der Waals surface area contributed by atoms with Crippen LogP contribution >= 0.6 is 23.2 Å². The number of aromatic nitrogens is 3. The van der Waals surface area contributed by atoms with Gasteiger partial charge in [-0.05, 0) is 60.5 Å². The number of hydrogen-bond donors (Lipinski definition) is 2. The first-order valence-electron chi connectivity index (χ1n) is 10.8. The molecule has 10 heteroatoms. The molecule has 6 nitrogen and oxygen atoms in total. The molecule has 0 spiro atoms. The monoisotopic (exact) mass is 531 g/mol. The lowest BCUT2D eigenvalue weighted by Crippen LogP contribution is -2.24. The molecule has 0 aliphatic rings. The minimum Gasteiger partial charge on any atom is -0.507 e. The van der Waals surface area contributed by atoms with Gasteiger partial charge in [-0.3, -0.25) is 0 Å². The Morgan fingerprint density at radius 3 is 2.44 bits per heavy atom. The molecule has 3 aromatic carbocycles. The summed E-state index contributed by atoms with van der Waals surface area (Å²) in [5.74, 6) is -2.03. The van der Waals surface area contributed by atoms with Crippen molar-refractivity contribution in [2.75, 3.05) is 6.61 Å². The zero-order valence-corrected chi connectivity index (χ0v) is 20.5. The van der Waals surface area contributed by atoms with Crippen LogP contribution in [0.15, 0.2) is 73.3 Å². The molecule has 2 atom stereocenters. The molecule has 0 saturated heterocycles. The average molecular weight is 532 g/mol. The number of nitrogens with zero attached hydrogens (tertiary/aromatic N) is 3. The zero-order chi connectivity index (χ0) is 25.8. The highest BCUT2D eigenvalue weighted by Gasteiger charge is 2.27. The maximum absolute atomic E-state index is 14.5. The number of aliphatic hydroxyl groups is 2. The number of aliphatic hydroxyl groups excluding tert-OH is 2. The van der Waals surface area contributed by atoms with E-state index in [1.165, 1.54) is 18.7 Å². The summed E-state index contributed by atoms with van der Waals surface area (Å²) in [5.41, 5.74) is 1.79. The summed E-state index contributed by atoms with van der Waals surface area (Å²) >= 11 is 12.2. The third-order valence-corrected chi connectivity index (χ3v) is 6.22. The molecule has 0 saturated carbocycles. The van der Waals surface area contributed by atoms with E-state index in [2.05, 4.69) is 10.1 Å². The third kappa shape index (κ3) is 5.67. The van der Waals surface area contributed by atoms with Crippen LogP contribution in [0.2, 0.25) is 10.0 Å². The highest BCUT2D eigenvalue weighted by atomic mass is 35.5. The normalized spacial score (nSPS) is 13.7. The van der Waals surface area contributed by atoms with Gasteiger partial charge >= 0.3 is 0 Å². The van der Waals surface area contributed by atoms with Gasteiger partial charge in [-0.2, -0.15) is 5.10 Å². The molecule has 0 amide bonds. The van der Waals surface area contributed by atoms with E-state index in [-0.39, 0.29) is 17.9 Å². The van der Waals surface area contributed by atoms with Gasteiger partial charge in [0.2, 0.25) is 0 Å². The van der Waals surface area contributed by atoms with Gasteiger partial charge in [0, 0.05) is 27.2 Å². The molecule has 186 valence electrons. The van der Waals surface area contributed by atoms with E-state index in [4.69, 9.17) is 27.9 Å². The second-order valence-electron chi connectivity index (χ2n) is 7.99. The Balaban J connectivity index is 1.54. The maximum atomic E-state index is 14.5. The fourth-order valence-electron chi connectivity index (χ4n) is 3.71. The smallest absolute Gasteiger partial charge is 0.158 e. The minimum absolute atomic E-state index is 0.0265. The lowest BCUT2D eigenvalue weighted by Gasteiger charge is -2.24. The SMILES string of the molecule is C/C(=C(\O)c1ccc(OCC(c2ccc(F)cc2F)C(O)n2cncn2)cc1)c1ccc(Cl)cc1Cl. The van der Waals surface area contributed by atoms with Crippen LogP contribution in [0.4, 0.5) is 8.78 Å². The van der Waals surface area contributed by atoms with Crippen LogP contribution in [0, 0.1) is 11.6 Å². The van der Waals surface area contributed by atoms with Crippen molar-refractivity contribution in [3.05, 3.63) is 112 Å². The van der Waals surface area contributed by atoms with Crippen LogP contribution in [-0.2, 0) is 0 Å². The molecule has 2 unspecified atom stereocenters. The van der Waals surface area contributed by atoms with E-state index in [0.29, 0.717) is 32.5 Å². The Morgan fingerprint density at radius 1 is 1.06 bits per heavy atom. The van der Waals surface area contributed by atoms with E-state index in [1.54, 1.807) is 49.4 Å². The Morgan fingerprint density at radius 2 is 1.81 bits per heavy atom. The van der Waals surface area contributed by atoms with Gasteiger partial charge in [0.1, 0.15) is 35.8 Å². The summed E-state index contributed by atoms with van der Waals surface area (Å²) in [7, 11) is 0. The predicted molar refractivity (Wildman–Crippen MR) is 134 cm³/mol. The van der Waals surface area contributed by atoms with Crippen molar-refractivity contribution in [1.29, 1.82) is 0 Å². The number of benzene rings is 3. The van der Waals surface area contributed by atoms with Crippen LogP contribution < -0.4 is 4.74 Å². The van der Waals surface area contributed by atoms with E-state index in [0.717, 1.165) is 16.8 Å². The largest absolute Gasteiger partial charge is 0.507 e. The molecule has 0 radical (unpaired) electrons. The fraction of sp³-hybridized carbons (Fsp3) is 0.154. The second-order valence-corrected chi connectivity index (χ2v) is 8.84. The van der Waals surface area contributed by atoms with E-state index < -0.39 is 23.8 Å². The third-order valence-electron chi connectivity index (χ3n) is 5.68. The van der Waals surface area contributed by atoms with Gasteiger partial charge < -0.3 is 14.9 Å². The molecule has 1 heterocycles. The highest BCUT2D eigenvalue weighted by molar-refractivity contribution is 6.35.